The summed E-state index contributed by atoms with van der Waals surface area (Å²) in [6, 6.07) is 94.5. The molecule has 6 heteroatoms. The average Bonchev–Trinajstić information content (AvgIpc) is 4.04. The monoisotopic (exact) mass is 972 g/mol. The lowest BCUT2D eigenvalue weighted by atomic mass is 9.99. The van der Waals surface area contributed by atoms with E-state index >= 15 is 0 Å². The first-order chi connectivity index (χ1) is 37.4. The number of nitrogens with zero attached hydrogens (tertiary/aromatic N) is 6. The molecule has 0 N–H and O–H groups in total. The van der Waals surface area contributed by atoms with Crippen LogP contribution in [0, 0.1) is 36.5 Å². The van der Waals surface area contributed by atoms with Crippen molar-refractivity contribution in [3.63, 3.8) is 0 Å². The SMILES string of the molecule is Cc1ccc(-n2c3ccccc3c3cc(N(c4ccc(C#N)cc4)c4ccc(-c5ccc(-c6ccc(N(c7ccc(C#N)cc7)c7ccc8c(c7)c7ccccc7n8-c7ccc(C)cc7)cc6)cc5)cc4)ccc32)cc1. The van der Waals surface area contributed by atoms with E-state index in [0.29, 0.717) is 11.1 Å². The fourth-order valence-corrected chi connectivity index (χ4v) is 10.9. The third kappa shape index (κ3) is 8.08. The summed E-state index contributed by atoms with van der Waals surface area (Å²) in [6.45, 7) is 4.24. The van der Waals surface area contributed by atoms with Gasteiger partial charge in [-0.15, -0.1) is 0 Å². The molecule has 0 bridgehead atoms. The molecule has 0 spiro atoms. The van der Waals surface area contributed by atoms with Gasteiger partial charge in [-0.25, -0.2) is 0 Å². The van der Waals surface area contributed by atoms with Gasteiger partial charge >= 0.3 is 0 Å². The van der Waals surface area contributed by atoms with E-state index < -0.39 is 0 Å². The highest BCUT2D eigenvalue weighted by atomic mass is 15.1. The first kappa shape index (κ1) is 45.5. The molecule has 358 valence electrons. The Morgan fingerprint density at radius 1 is 0.289 bits per heavy atom. The Morgan fingerprint density at radius 3 is 0.921 bits per heavy atom. The number of nitriles is 2. The van der Waals surface area contributed by atoms with Crippen molar-refractivity contribution < 1.29 is 0 Å². The summed E-state index contributed by atoms with van der Waals surface area (Å²) in [6.07, 6.45) is 0. The Bertz CT molecular complexity index is 4090. The van der Waals surface area contributed by atoms with Crippen LogP contribution >= 0.6 is 0 Å². The molecule has 11 aromatic carbocycles. The van der Waals surface area contributed by atoms with Crippen molar-refractivity contribution in [2.24, 2.45) is 0 Å². The zero-order chi connectivity index (χ0) is 51.3. The summed E-state index contributed by atoms with van der Waals surface area (Å²) in [5.74, 6) is 0. The maximum absolute atomic E-state index is 9.68. The molecular weight excluding hydrogens is 925 g/mol. The van der Waals surface area contributed by atoms with Crippen molar-refractivity contribution >= 4 is 77.7 Å². The van der Waals surface area contributed by atoms with Crippen LogP contribution in [0.2, 0.25) is 0 Å². The second kappa shape index (κ2) is 18.9. The van der Waals surface area contributed by atoms with Crippen molar-refractivity contribution in [1.82, 2.24) is 9.13 Å². The number of rotatable bonds is 10. The van der Waals surface area contributed by atoms with Gasteiger partial charge in [0.25, 0.3) is 0 Å². The van der Waals surface area contributed by atoms with Crippen LogP contribution in [0.1, 0.15) is 22.3 Å². The predicted octanol–water partition coefficient (Wildman–Crippen LogP) is 18.5. The van der Waals surface area contributed by atoms with E-state index in [9.17, 15) is 10.5 Å². The summed E-state index contributed by atoms with van der Waals surface area (Å²) in [7, 11) is 0. The molecule has 0 amide bonds. The number of fused-ring (bicyclic) bond motifs is 6. The molecule has 2 heterocycles. The molecule has 0 fully saturated rings. The highest BCUT2D eigenvalue weighted by Gasteiger charge is 2.20. The summed E-state index contributed by atoms with van der Waals surface area (Å²) < 4.78 is 4.69. The van der Waals surface area contributed by atoms with Crippen LogP contribution in [0.5, 0.6) is 0 Å². The molecule has 0 aliphatic heterocycles. The van der Waals surface area contributed by atoms with Crippen LogP contribution in [-0.4, -0.2) is 9.13 Å². The molecule has 0 unspecified atom stereocenters. The Hall–Kier alpha value is -10.4. The minimum atomic E-state index is 0.619. The van der Waals surface area contributed by atoms with Crippen LogP contribution in [0.4, 0.5) is 34.1 Å². The normalized spacial score (nSPS) is 11.3. The summed E-state index contributed by atoms with van der Waals surface area (Å²) in [5.41, 5.74) is 21.0. The molecule has 2 aromatic heterocycles. The number of aryl methyl sites for hydroxylation is 2. The lowest BCUT2D eigenvalue weighted by Crippen LogP contribution is -2.10. The minimum Gasteiger partial charge on any atom is -0.310 e. The quantitative estimate of drug-likeness (QED) is 0.137. The summed E-state index contributed by atoms with van der Waals surface area (Å²) in [5, 5.41) is 24.1. The Balaban J connectivity index is 0.809. The van der Waals surface area contributed by atoms with Gasteiger partial charge in [-0.3, -0.25) is 0 Å². The van der Waals surface area contributed by atoms with E-state index in [2.05, 4.69) is 251 Å². The highest BCUT2D eigenvalue weighted by Crippen LogP contribution is 2.43. The fourth-order valence-electron chi connectivity index (χ4n) is 10.9. The van der Waals surface area contributed by atoms with Crippen molar-refractivity contribution in [3.8, 4) is 45.8 Å². The van der Waals surface area contributed by atoms with E-state index in [4.69, 9.17) is 0 Å². The van der Waals surface area contributed by atoms with E-state index in [-0.39, 0.29) is 0 Å². The van der Waals surface area contributed by atoms with Gasteiger partial charge in [-0.05, 0) is 182 Å². The molecule has 0 atom stereocenters. The maximum Gasteiger partial charge on any atom is 0.0991 e. The second-order valence-corrected chi connectivity index (χ2v) is 19.4. The third-order valence-corrected chi connectivity index (χ3v) is 14.7. The Labute approximate surface area is 441 Å². The first-order valence-corrected chi connectivity index (χ1v) is 25.5. The van der Waals surface area contributed by atoms with Crippen molar-refractivity contribution in [2.45, 2.75) is 13.8 Å². The number of benzene rings is 11. The van der Waals surface area contributed by atoms with Gasteiger partial charge in [-0.1, -0.05) is 120 Å². The van der Waals surface area contributed by atoms with Crippen LogP contribution in [0.15, 0.2) is 255 Å². The van der Waals surface area contributed by atoms with Crippen LogP contribution in [0.3, 0.4) is 0 Å². The number of hydrogen-bond donors (Lipinski definition) is 0. The van der Waals surface area contributed by atoms with Crippen LogP contribution in [-0.2, 0) is 0 Å². The second-order valence-electron chi connectivity index (χ2n) is 19.4. The topological polar surface area (TPSA) is 63.9 Å². The lowest BCUT2D eigenvalue weighted by molar-refractivity contribution is 1.17. The van der Waals surface area contributed by atoms with Crippen LogP contribution in [0.25, 0.3) is 77.2 Å². The first-order valence-electron chi connectivity index (χ1n) is 25.5. The largest absolute Gasteiger partial charge is 0.310 e. The molecule has 13 aromatic rings. The average molecular weight is 973 g/mol. The fraction of sp³-hybridized carbons (Fsp3) is 0.0286. The molecule has 0 radical (unpaired) electrons. The van der Waals surface area contributed by atoms with Gasteiger partial charge in [0.05, 0.1) is 45.3 Å². The number of hydrogen-bond acceptors (Lipinski definition) is 4. The molecule has 6 nitrogen and oxygen atoms in total. The molecule has 13 rings (SSSR count). The third-order valence-electron chi connectivity index (χ3n) is 14.7. The van der Waals surface area contributed by atoms with E-state index in [1.165, 1.54) is 32.7 Å². The number of aromatic nitrogens is 2. The predicted molar refractivity (Wildman–Crippen MR) is 314 cm³/mol. The Kier molecular flexibility index (Phi) is 11.3. The van der Waals surface area contributed by atoms with Gasteiger partial charge in [0.2, 0.25) is 0 Å². The standard InChI is InChI=1S/C70H48N6/c1-47-11-27-59(28-12-47)75-67-9-5-3-7-63(67)65-43-61(39-41-69(65)75)73(55-31-15-49(45-71)16-32-55)57-35-23-53(24-36-57)51-19-21-52(22-20-51)54-25-37-58(38-26-54)74(56-33-17-50(46-72)18-34-56)62-40-42-70-66(44-62)64-8-4-6-10-68(64)76(70)60-29-13-48(2)14-30-60/h3-44H,1-2H3. The van der Waals surface area contributed by atoms with E-state index in [1.54, 1.807) is 0 Å². The van der Waals surface area contributed by atoms with Gasteiger partial charge in [-0.2, -0.15) is 10.5 Å². The maximum atomic E-state index is 9.68. The Morgan fingerprint density at radius 2 is 0.579 bits per heavy atom. The van der Waals surface area contributed by atoms with Gasteiger partial charge in [0, 0.05) is 67.0 Å². The molecule has 0 saturated carbocycles. The van der Waals surface area contributed by atoms with E-state index in [0.717, 1.165) is 89.8 Å². The van der Waals surface area contributed by atoms with E-state index in [1.807, 2.05) is 48.5 Å². The number of para-hydroxylation sites is 2. The lowest BCUT2D eigenvalue weighted by Gasteiger charge is -2.26. The van der Waals surface area contributed by atoms with Gasteiger partial charge < -0.3 is 18.9 Å². The van der Waals surface area contributed by atoms with Crippen LogP contribution < -0.4 is 9.80 Å². The van der Waals surface area contributed by atoms with Crippen molar-refractivity contribution in [3.05, 3.63) is 277 Å². The van der Waals surface area contributed by atoms with Crippen molar-refractivity contribution in [1.29, 1.82) is 10.5 Å². The zero-order valence-electron chi connectivity index (χ0n) is 41.9. The smallest absolute Gasteiger partial charge is 0.0991 e. The van der Waals surface area contributed by atoms with Gasteiger partial charge in [0.15, 0.2) is 0 Å². The van der Waals surface area contributed by atoms with Crippen molar-refractivity contribution in [2.75, 3.05) is 9.80 Å². The molecule has 76 heavy (non-hydrogen) atoms. The molecular formula is C70H48N6. The number of anilines is 6. The molecule has 0 aliphatic rings. The minimum absolute atomic E-state index is 0.619. The molecule has 0 aliphatic carbocycles. The summed E-state index contributed by atoms with van der Waals surface area (Å²) in [4.78, 5) is 4.53. The zero-order valence-corrected chi connectivity index (χ0v) is 41.9. The highest BCUT2D eigenvalue weighted by molar-refractivity contribution is 6.12. The molecule has 0 saturated heterocycles. The van der Waals surface area contributed by atoms with Gasteiger partial charge in [0.1, 0.15) is 0 Å². The summed E-state index contributed by atoms with van der Waals surface area (Å²) >= 11 is 0.